The Morgan fingerprint density at radius 1 is 1.09 bits per heavy atom. The number of hydrogen-bond acceptors (Lipinski definition) is 5. The number of rotatable bonds is 4. The SMILES string of the molecule is CC(C)(C)C(=O)[N+](C)(C1CCN(c2ccncc2)CC1)[C@@H]1CCc2ccc(OC(=O)O)cc21. The molecule has 1 aromatic carbocycles. The summed E-state index contributed by atoms with van der Waals surface area (Å²) in [4.78, 5) is 31.6. The van der Waals surface area contributed by atoms with Crippen molar-refractivity contribution in [1.29, 1.82) is 0 Å². The number of fused-ring (bicyclic) bond motifs is 1. The van der Waals surface area contributed by atoms with Crippen molar-refractivity contribution in [2.24, 2.45) is 5.41 Å². The molecule has 1 N–H and O–H groups in total. The number of ether oxygens (including phenoxy) is 1. The molecule has 0 saturated carbocycles. The second-order valence-corrected chi connectivity index (χ2v) is 10.4. The van der Waals surface area contributed by atoms with Crippen LogP contribution in [0.15, 0.2) is 42.7 Å². The van der Waals surface area contributed by atoms with Gasteiger partial charge in [0.1, 0.15) is 11.8 Å². The molecule has 1 aromatic heterocycles. The number of amides is 1. The standard InChI is InChI=1S/C26H33N3O4/c1-26(2,3)24(30)29(4,20-11-15-28(16-12-20)19-9-13-27-14-10-19)23-8-6-18-5-7-21(17-22(18)23)33-25(31)32/h5,7,9-10,13-14,17,20,23H,6,8,11-12,15-16H2,1-4H3/p+1/t23-,29?/m1/s1. The van der Waals surface area contributed by atoms with Crippen molar-refractivity contribution >= 4 is 17.7 Å². The number of piperidine rings is 1. The van der Waals surface area contributed by atoms with E-state index < -0.39 is 11.6 Å². The molecule has 2 aromatic rings. The fraction of sp³-hybridized carbons (Fsp3) is 0.500. The Kier molecular flexibility index (Phi) is 6.18. The summed E-state index contributed by atoms with van der Waals surface area (Å²) in [5.41, 5.74) is 2.90. The number of aromatic nitrogens is 1. The number of hydrogen-bond donors (Lipinski definition) is 1. The van der Waals surface area contributed by atoms with Gasteiger partial charge < -0.3 is 14.7 Å². The molecule has 2 aliphatic rings. The van der Waals surface area contributed by atoms with Crippen LogP contribution in [0.4, 0.5) is 10.5 Å². The van der Waals surface area contributed by atoms with Gasteiger partial charge in [0.05, 0.1) is 18.5 Å². The summed E-state index contributed by atoms with van der Waals surface area (Å²) >= 11 is 0. The van der Waals surface area contributed by atoms with Crippen LogP contribution in [0.25, 0.3) is 0 Å². The quantitative estimate of drug-likeness (QED) is 0.407. The third-order valence-electron chi connectivity index (χ3n) is 7.35. The molecular weight excluding hydrogens is 418 g/mol. The third kappa shape index (κ3) is 4.47. The third-order valence-corrected chi connectivity index (χ3v) is 7.35. The highest BCUT2D eigenvalue weighted by molar-refractivity contribution is 5.75. The number of carboxylic acid groups (broad SMARTS) is 1. The first-order valence-corrected chi connectivity index (χ1v) is 11.7. The number of pyridine rings is 1. The highest BCUT2D eigenvalue weighted by Gasteiger charge is 2.53. The summed E-state index contributed by atoms with van der Waals surface area (Å²) in [6.07, 6.45) is 5.89. The van der Waals surface area contributed by atoms with Gasteiger partial charge in [0.2, 0.25) is 0 Å². The van der Waals surface area contributed by atoms with E-state index in [1.807, 2.05) is 57.4 Å². The van der Waals surface area contributed by atoms with Gasteiger partial charge in [-0.15, -0.1) is 0 Å². The Hall–Kier alpha value is -2.93. The topological polar surface area (TPSA) is 79.7 Å². The monoisotopic (exact) mass is 452 g/mol. The van der Waals surface area contributed by atoms with E-state index in [4.69, 9.17) is 9.84 Å². The van der Waals surface area contributed by atoms with E-state index in [0.29, 0.717) is 10.2 Å². The van der Waals surface area contributed by atoms with Crippen molar-refractivity contribution < 1.29 is 23.9 Å². The molecule has 1 aliphatic heterocycles. The van der Waals surface area contributed by atoms with Crippen LogP contribution in [0.5, 0.6) is 5.75 Å². The maximum Gasteiger partial charge on any atom is 0.511 e. The average molecular weight is 453 g/mol. The molecule has 7 heteroatoms. The van der Waals surface area contributed by atoms with Crippen molar-refractivity contribution in [1.82, 2.24) is 4.98 Å². The number of carbonyl (C=O) groups is 2. The van der Waals surface area contributed by atoms with Gasteiger partial charge >= 0.3 is 12.1 Å². The Labute approximate surface area is 195 Å². The van der Waals surface area contributed by atoms with Crippen LogP contribution >= 0.6 is 0 Å². The normalized spacial score (nSPS) is 20.7. The first-order chi connectivity index (χ1) is 15.6. The molecule has 1 amide bonds. The first-order valence-electron chi connectivity index (χ1n) is 11.7. The highest BCUT2D eigenvalue weighted by atomic mass is 16.7. The maximum absolute atomic E-state index is 14.0. The number of aryl methyl sites for hydroxylation is 1. The summed E-state index contributed by atoms with van der Waals surface area (Å²) in [7, 11) is 2.10. The molecular formula is C26H34N3O4+. The minimum atomic E-state index is -1.32. The lowest BCUT2D eigenvalue weighted by Crippen LogP contribution is -2.63. The second kappa shape index (κ2) is 8.78. The van der Waals surface area contributed by atoms with Crippen LogP contribution in [-0.2, 0) is 11.2 Å². The zero-order valence-electron chi connectivity index (χ0n) is 20.0. The van der Waals surface area contributed by atoms with E-state index in [-0.39, 0.29) is 18.0 Å². The zero-order valence-corrected chi connectivity index (χ0v) is 20.0. The van der Waals surface area contributed by atoms with Gasteiger partial charge in [0.15, 0.2) is 0 Å². The molecule has 2 heterocycles. The maximum atomic E-state index is 14.0. The van der Waals surface area contributed by atoms with Gasteiger partial charge in [-0.2, -0.15) is 0 Å². The second-order valence-electron chi connectivity index (χ2n) is 10.4. The van der Waals surface area contributed by atoms with Crippen LogP contribution in [0.2, 0.25) is 0 Å². The first kappa shape index (κ1) is 23.2. The van der Waals surface area contributed by atoms with Crippen LogP contribution in [-0.4, -0.2) is 52.8 Å². The van der Waals surface area contributed by atoms with Crippen LogP contribution < -0.4 is 9.64 Å². The number of benzene rings is 1. The molecule has 0 bridgehead atoms. The predicted octanol–water partition coefficient (Wildman–Crippen LogP) is 4.81. The molecule has 1 fully saturated rings. The minimum Gasteiger partial charge on any atom is -0.449 e. The number of carbonyl (C=O) groups excluding carboxylic acids is 1. The van der Waals surface area contributed by atoms with E-state index in [1.54, 1.807) is 6.07 Å². The molecule has 33 heavy (non-hydrogen) atoms. The number of quaternary nitrogens is 1. The van der Waals surface area contributed by atoms with E-state index in [1.165, 1.54) is 11.3 Å². The Balaban J connectivity index is 1.66. The molecule has 1 saturated heterocycles. The Morgan fingerprint density at radius 3 is 2.36 bits per heavy atom. The fourth-order valence-corrected chi connectivity index (χ4v) is 5.78. The van der Waals surface area contributed by atoms with Crippen molar-refractivity contribution in [3.8, 4) is 5.75 Å². The van der Waals surface area contributed by atoms with Crippen LogP contribution in [0, 0.1) is 5.41 Å². The summed E-state index contributed by atoms with van der Waals surface area (Å²) in [5.74, 6) is 0.544. The van der Waals surface area contributed by atoms with Crippen molar-refractivity contribution in [3.63, 3.8) is 0 Å². The van der Waals surface area contributed by atoms with E-state index in [2.05, 4.69) is 16.9 Å². The molecule has 0 radical (unpaired) electrons. The van der Waals surface area contributed by atoms with Crippen molar-refractivity contribution in [2.45, 2.75) is 58.5 Å². The molecule has 1 unspecified atom stereocenters. The average Bonchev–Trinajstić information content (AvgIpc) is 3.21. The van der Waals surface area contributed by atoms with Gasteiger partial charge in [0.25, 0.3) is 0 Å². The molecule has 2 atom stereocenters. The lowest BCUT2D eigenvalue weighted by molar-refractivity contribution is -0.894. The van der Waals surface area contributed by atoms with Crippen molar-refractivity contribution in [3.05, 3.63) is 53.9 Å². The lowest BCUT2D eigenvalue weighted by atomic mass is 9.87. The fourth-order valence-electron chi connectivity index (χ4n) is 5.78. The van der Waals surface area contributed by atoms with Crippen molar-refractivity contribution in [2.75, 3.05) is 25.0 Å². The summed E-state index contributed by atoms with van der Waals surface area (Å²) in [6, 6.07) is 9.73. The molecule has 0 spiro atoms. The summed E-state index contributed by atoms with van der Waals surface area (Å²) < 4.78 is 5.29. The van der Waals surface area contributed by atoms with E-state index in [0.717, 1.165) is 44.3 Å². The molecule has 1 aliphatic carbocycles. The summed E-state index contributed by atoms with van der Waals surface area (Å²) in [5, 5.41) is 9.07. The van der Waals surface area contributed by atoms with Crippen LogP contribution in [0.1, 0.15) is 57.2 Å². The molecule has 4 rings (SSSR count). The highest BCUT2D eigenvalue weighted by Crippen LogP contribution is 2.46. The van der Waals surface area contributed by atoms with Gasteiger partial charge in [-0.05, 0) is 57.0 Å². The Bertz CT molecular complexity index is 1030. The Morgan fingerprint density at radius 2 is 1.76 bits per heavy atom. The van der Waals surface area contributed by atoms with E-state index >= 15 is 0 Å². The predicted molar refractivity (Wildman–Crippen MR) is 126 cm³/mol. The van der Waals surface area contributed by atoms with Gasteiger partial charge in [-0.25, -0.2) is 9.59 Å². The van der Waals surface area contributed by atoms with E-state index in [9.17, 15) is 9.59 Å². The van der Waals surface area contributed by atoms with Gasteiger partial charge in [-0.3, -0.25) is 9.47 Å². The largest absolute Gasteiger partial charge is 0.511 e. The lowest BCUT2D eigenvalue weighted by Gasteiger charge is -2.49. The van der Waals surface area contributed by atoms with Crippen LogP contribution in [0.3, 0.4) is 0 Å². The summed E-state index contributed by atoms with van der Waals surface area (Å²) in [6.45, 7) is 7.77. The zero-order chi connectivity index (χ0) is 23.8. The van der Waals surface area contributed by atoms with Gasteiger partial charge in [-0.1, -0.05) is 6.07 Å². The molecule has 176 valence electrons. The minimum absolute atomic E-state index is 0.0125. The number of nitrogens with zero attached hydrogens (tertiary/aromatic N) is 3. The smallest absolute Gasteiger partial charge is 0.449 e. The van der Waals surface area contributed by atoms with Gasteiger partial charge in [0, 0.05) is 56.0 Å². The molecule has 7 nitrogen and oxygen atoms in total. The number of anilines is 1.